The smallest absolute Gasteiger partial charge is 0.270 e. The molecule has 3 rings (SSSR count). The number of anilines is 1. The van der Waals surface area contributed by atoms with Crippen molar-refractivity contribution in [2.24, 2.45) is 0 Å². The standard InChI is InChI=1S/C22H23N3O5S2/c1-4-30-17-8-6-16(7-9-17)24-20(26)13-31-22-23-12-19(21(27)25-22)32(28,29)18-10-5-14(2)15(3)11-18/h5-12H,4,13H2,1-3H3,(H,24,26)(H,23,25,27). The number of hydrogen-bond acceptors (Lipinski definition) is 7. The molecule has 32 heavy (non-hydrogen) atoms. The lowest BCUT2D eigenvalue weighted by Crippen LogP contribution is -2.20. The van der Waals surface area contributed by atoms with Gasteiger partial charge in [0.25, 0.3) is 5.56 Å². The number of thioether (sulfide) groups is 1. The molecule has 0 unspecified atom stereocenters. The first kappa shape index (κ1) is 23.6. The van der Waals surface area contributed by atoms with Gasteiger partial charge in [0.15, 0.2) is 10.1 Å². The van der Waals surface area contributed by atoms with Crippen LogP contribution in [0.4, 0.5) is 5.69 Å². The minimum Gasteiger partial charge on any atom is -0.494 e. The van der Waals surface area contributed by atoms with Crippen LogP contribution in [0.15, 0.2) is 68.4 Å². The number of carbonyl (C=O) groups is 1. The minimum atomic E-state index is -4.01. The Labute approximate surface area is 190 Å². The lowest BCUT2D eigenvalue weighted by Gasteiger charge is -2.08. The van der Waals surface area contributed by atoms with Crippen molar-refractivity contribution >= 4 is 33.2 Å². The maximum atomic E-state index is 12.8. The van der Waals surface area contributed by atoms with E-state index in [-0.39, 0.29) is 21.7 Å². The van der Waals surface area contributed by atoms with E-state index >= 15 is 0 Å². The van der Waals surface area contributed by atoms with Crippen molar-refractivity contribution in [3.8, 4) is 5.75 Å². The van der Waals surface area contributed by atoms with Gasteiger partial charge in [-0.25, -0.2) is 13.4 Å². The number of hydrogen-bond donors (Lipinski definition) is 2. The Bertz CT molecular complexity index is 1290. The molecule has 1 amide bonds. The summed E-state index contributed by atoms with van der Waals surface area (Å²) in [4.78, 5) is 30.6. The van der Waals surface area contributed by atoms with Gasteiger partial charge in [-0.15, -0.1) is 0 Å². The molecule has 0 saturated carbocycles. The number of carbonyl (C=O) groups excluding carboxylic acids is 1. The SMILES string of the molecule is CCOc1ccc(NC(=O)CSc2ncc(S(=O)(=O)c3ccc(C)c(C)c3)c(=O)[nH]2)cc1. The maximum absolute atomic E-state index is 12.8. The summed E-state index contributed by atoms with van der Waals surface area (Å²) in [6.07, 6.45) is 1.02. The van der Waals surface area contributed by atoms with Gasteiger partial charge in [-0.2, -0.15) is 0 Å². The van der Waals surface area contributed by atoms with Crippen molar-refractivity contribution in [2.45, 2.75) is 35.7 Å². The van der Waals surface area contributed by atoms with Crippen LogP contribution in [0.3, 0.4) is 0 Å². The largest absolute Gasteiger partial charge is 0.494 e. The van der Waals surface area contributed by atoms with Crippen LogP contribution in [0, 0.1) is 13.8 Å². The van der Waals surface area contributed by atoms with E-state index < -0.39 is 20.3 Å². The molecule has 3 aromatic rings. The highest BCUT2D eigenvalue weighted by Crippen LogP contribution is 2.21. The van der Waals surface area contributed by atoms with Crippen LogP contribution in [0.5, 0.6) is 5.75 Å². The van der Waals surface area contributed by atoms with Crippen molar-refractivity contribution in [3.05, 3.63) is 70.1 Å². The van der Waals surface area contributed by atoms with Crippen LogP contribution < -0.4 is 15.6 Å². The zero-order chi connectivity index (χ0) is 23.3. The number of ether oxygens (including phenoxy) is 1. The highest BCUT2D eigenvalue weighted by atomic mass is 32.2. The number of aryl methyl sites for hydroxylation is 2. The van der Waals surface area contributed by atoms with E-state index in [0.29, 0.717) is 18.0 Å². The molecule has 2 aromatic carbocycles. The number of sulfone groups is 1. The minimum absolute atomic E-state index is 0.0145. The van der Waals surface area contributed by atoms with Gasteiger partial charge >= 0.3 is 0 Å². The van der Waals surface area contributed by atoms with E-state index in [1.165, 1.54) is 12.1 Å². The number of rotatable bonds is 8. The quantitative estimate of drug-likeness (QED) is 0.380. The molecule has 1 aromatic heterocycles. The third-order valence-corrected chi connectivity index (χ3v) is 7.24. The Hall–Kier alpha value is -3.11. The van der Waals surface area contributed by atoms with Gasteiger partial charge < -0.3 is 15.0 Å². The fraction of sp³-hybridized carbons (Fsp3) is 0.227. The Kier molecular flexibility index (Phi) is 7.37. The lowest BCUT2D eigenvalue weighted by molar-refractivity contribution is -0.113. The molecule has 10 heteroatoms. The van der Waals surface area contributed by atoms with E-state index in [1.807, 2.05) is 13.8 Å². The summed E-state index contributed by atoms with van der Waals surface area (Å²) in [5.41, 5.74) is 1.58. The molecule has 2 N–H and O–H groups in total. The molecule has 0 spiro atoms. The summed E-state index contributed by atoms with van der Waals surface area (Å²) in [5.74, 6) is 0.394. The first-order valence-electron chi connectivity index (χ1n) is 9.78. The summed E-state index contributed by atoms with van der Waals surface area (Å²) in [6, 6.07) is 11.6. The average molecular weight is 474 g/mol. The van der Waals surface area contributed by atoms with Gasteiger partial charge in [0, 0.05) is 5.69 Å². The van der Waals surface area contributed by atoms with Gasteiger partial charge in [-0.3, -0.25) is 9.59 Å². The molecule has 8 nitrogen and oxygen atoms in total. The van der Waals surface area contributed by atoms with E-state index in [1.54, 1.807) is 37.3 Å². The van der Waals surface area contributed by atoms with Gasteiger partial charge in [0.1, 0.15) is 5.75 Å². The number of aromatic amines is 1. The van der Waals surface area contributed by atoms with Crippen molar-refractivity contribution in [3.63, 3.8) is 0 Å². The fourth-order valence-corrected chi connectivity index (χ4v) is 4.72. The van der Waals surface area contributed by atoms with Gasteiger partial charge in [-0.05, 0) is 68.3 Å². The molecule has 1 heterocycles. The van der Waals surface area contributed by atoms with Gasteiger partial charge in [0.2, 0.25) is 15.7 Å². The Morgan fingerprint density at radius 1 is 1.12 bits per heavy atom. The molecule has 0 aliphatic rings. The summed E-state index contributed by atoms with van der Waals surface area (Å²) in [6.45, 7) is 6.11. The Balaban J connectivity index is 1.66. The first-order valence-corrected chi connectivity index (χ1v) is 12.2. The normalized spacial score (nSPS) is 11.2. The van der Waals surface area contributed by atoms with Gasteiger partial charge in [0.05, 0.1) is 23.5 Å². The lowest BCUT2D eigenvalue weighted by atomic mass is 10.1. The molecule has 0 bridgehead atoms. The van der Waals surface area contributed by atoms with Crippen molar-refractivity contribution < 1.29 is 17.9 Å². The van der Waals surface area contributed by atoms with E-state index in [0.717, 1.165) is 29.1 Å². The van der Waals surface area contributed by atoms with E-state index in [2.05, 4.69) is 15.3 Å². The molecule has 0 aliphatic heterocycles. The number of H-pyrrole nitrogens is 1. The number of benzene rings is 2. The number of amides is 1. The Morgan fingerprint density at radius 2 is 1.84 bits per heavy atom. The summed E-state index contributed by atoms with van der Waals surface area (Å²) < 4.78 is 31.0. The molecule has 0 radical (unpaired) electrons. The summed E-state index contributed by atoms with van der Waals surface area (Å²) in [5, 5.41) is 2.88. The number of nitrogens with one attached hydrogen (secondary N) is 2. The molecule has 168 valence electrons. The number of nitrogens with zero attached hydrogens (tertiary/aromatic N) is 1. The first-order chi connectivity index (χ1) is 15.2. The maximum Gasteiger partial charge on any atom is 0.270 e. The van der Waals surface area contributed by atoms with Crippen molar-refractivity contribution in [1.82, 2.24) is 9.97 Å². The number of aromatic nitrogens is 2. The molecular formula is C22H23N3O5S2. The topological polar surface area (TPSA) is 118 Å². The monoisotopic (exact) mass is 473 g/mol. The molecule has 0 fully saturated rings. The highest BCUT2D eigenvalue weighted by Gasteiger charge is 2.23. The second kappa shape index (κ2) is 10.0. The zero-order valence-electron chi connectivity index (χ0n) is 17.8. The summed E-state index contributed by atoms with van der Waals surface area (Å²) >= 11 is 0.995. The molecule has 0 aliphatic carbocycles. The van der Waals surface area contributed by atoms with Crippen LogP contribution in [0.25, 0.3) is 0 Å². The highest BCUT2D eigenvalue weighted by molar-refractivity contribution is 7.99. The summed E-state index contributed by atoms with van der Waals surface area (Å²) in [7, 11) is -4.01. The van der Waals surface area contributed by atoms with Gasteiger partial charge in [-0.1, -0.05) is 17.8 Å². The van der Waals surface area contributed by atoms with Crippen LogP contribution in [-0.2, 0) is 14.6 Å². The molecular weight excluding hydrogens is 450 g/mol. The van der Waals surface area contributed by atoms with Crippen LogP contribution in [0.2, 0.25) is 0 Å². The predicted octanol–water partition coefficient (Wildman–Crippen LogP) is 3.35. The Morgan fingerprint density at radius 3 is 2.47 bits per heavy atom. The van der Waals surface area contributed by atoms with Crippen molar-refractivity contribution in [2.75, 3.05) is 17.7 Å². The molecule has 0 atom stereocenters. The van der Waals surface area contributed by atoms with E-state index in [4.69, 9.17) is 4.74 Å². The zero-order valence-corrected chi connectivity index (χ0v) is 19.5. The second-order valence-corrected chi connectivity index (χ2v) is 9.81. The fourth-order valence-electron chi connectivity index (χ4n) is 2.77. The molecule has 0 saturated heterocycles. The van der Waals surface area contributed by atoms with Crippen molar-refractivity contribution in [1.29, 1.82) is 0 Å². The third kappa shape index (κ3) is 5.57. The van der Waals surface area contributed by atoms with E-state index in [9.17, 15) is 18.0 Å². The average Bonchev–Trinajstić information content (AvgIpc) is 2.75. The van der Waals surface area contributed by atoms with Crippen LogP contribution in [0.1, 0.15) is 18.1 Å². The predicted molar refractivity (Wildman–Crippen MR) is 123 cm³/mol. The van der Waals surface area contributed by atoms with Crippen LogP contribution >= 0.6 is 11.8 Å². The third-order valence-electron chi connectivity index (χ3n) is 4.61. The second-order valence-electron chi connectivity index (χ2n) is 6.93. The van der Waals surface area contributed by atoms with Crippen LogP contribution in [-0.4, -0.2) is 36.7 Å².